The van der Waals surface area contributed by atoms with Crippen molar-refractivity contribution in [1.29, 1.82) is 0 Å². The van der Waals surface area contributed by atoms with Crippen LogP contribution >= 0.6 is 0 Å². The molecule has 1 heterocycles. The molecule has 3 rings (SSSR count). The van der Waals surface area contributed by atoms with E-state index >= 15 is 0 Å². The van der Waals surface area contributed by atoms with Gasteiger partial charge in [0.15, 0.2) is 0 Å². The standard InChI is InChI=1S/C18H25N3O2/c19-15-6-8-16(9-7-15)20-18(23)14-10-17(22)21(12-14)11-13-4-2-1-3-5-13/h1-5,14-16H,6-12,19H2,(H,20,23). The molecule has 1 aromatic rings. The first kappa shape index (κ1) is 16.0. The molecule has 2 fully saturated rings. The Bertz CT molecular complexity index is 553. The van der Waals surface area contributed by atoms with Crippen LogP contribution in [0.4, 0.5) is 0 Å². The number of amides is 2. The fraction of sp³-hybridized carbons (Fsp3) is 0.556. The van der Waals surface area contributed by atoms with Gasteiger partial charge in [-0.3, -0.25) is 9.59 Å². The molecule has 5 nitrogen and oxygen atoms in total. The zero-order chi connectivity index (χ0) is 16.2. The summed E-state index contributed by atoms with van der Waals surface area (Å²) in [4.78, 5) is 26.4. The van der Waals surface area contributed by atoms with Crippen LogP contribution in [0, 0.1) is 5.92 Å². The number of benzene rings is 1. The first-order chi connectivity index (χ1) is 11.1. The quantitative estimate of drug-likeness (QED) is 0.882. The van der Waals surface area contributed by atoms with E-state index < -0.39 is 0 Å². The minimum atomic E-state index is -0.221. The van der Waals surface area contributed by atoms with Gasteiger partial charge in [-0.2, -0.15) is 0 Å². The number of nitrogens with one attached hydrogen (secondary N) is 1. The van der Waals surface area contributed by atoms with E-state index in [-0.39, 0.29) is 29.8 Å². The molecular formula is C18H25N3O2. The van der Waals surface area contributed by atoms with Crippen molar-refractivity contribution < 1.29 is 9.59 Å². The second kappa shape index (κ2) is 7.13. The van der Waals surface area contributed by atoms with Crippen LogP contribution in [-0.2, 0) is 16.1 Å². The Morgan fingerprint density at radius 1 is 1.17 bits per heavy atom. The highest BCUT2D eigenvalue weighted by atomic mass is 16.2. The lowest BCUT2D eigenvalue weighted by atomic mass is 9.91. The van der Waals surface area contributed by atoms with Gasteiger partial charge >= 0.3 is 0 Å². The third-order valence-electron chi connectivity index (χ3n) is 4.92. The van der Waals surface area contributed by atoms with Gasteiger partial charge in [0.1, 0.15) is 0 Å². The van der Waals surface area contributed by atoms with E-state index in [0.29, 0.717) is 19.5 Å². The number of hydrogen-bond donors (Lipinski definition) is 2. The molecule has 2 amide bonds. The van der Waals surface area contributed by atoms with Gasteiger partial charge in [0.25, 0.3) is 0 Å². The van der Waals surface area contributed by atoms with Gasteiger partial charge in [0, 0.05) is 31.6 Å². The Morgan fingerprint density at radius 3 is 2.57 bits per heavy atom. The number of nitrogens with two attached hydrogens (primary N) is 1. The van der Waals surface area contributed by atoms with Crippen molar-refractivity contribution in [3.05, 3.63) is 35.9 Å². The SMILES string of the molecule is NC1CCC(NC(=O)C2CC(=O)N(Cc3ccccc3)C2)CC1. The number of carbonyl (C=O) groups is 2. The number of nitrogens with zero attached hydrogens (tertiary/aromatic N) is 1. The Hall–Kier alpha value is -1.88. The van der Waals surface area contributed by atoms with Crippen molar-refractivity contribution in [3.8, 4) is 0 Å². The molecule has 0 spiro atoms. The van der Waals surface area contributed by atoms with Gasteiger partial charge in [-0.1, -0.05) is 30.3 Å². The summed E-state index contributed by atoms with van der Waals surface area (Å²) in [5.74, 6) is -0.129. The van der Waals surface area contributed by atoms with Crippen LogP contribution in [0.25, 0.3) is 0 Å². The summed E-state index contributed by atoms with van der Waals surface area (Å²) in [6.45, 7) is 1.10. The van der Waals surface area contributed by atoms with Crippen molar-refractivity contribution in [3.63, 3.8) is 0 Å². The molecule has 1 saturated heterocycles. The van der Waals surface area contributed by atoms with Crippen LogP contribution in [0.5, 0.6) is 0 Å². The lowest BCUT2D eigenvalue weighted by Crippen LogP contribution is -2.43. The molecule has 1 aliphatic heterocycles. The average Bonchev–Trinajstić information content (AvgIpc) is 2.92. The Morgan fingerprint density at radius 2 is 1.87 bits per heavy atom. The summed E-state index contributed by atoms with van der Waals surface area (Å²) in [6.07, 6.45) is 4.15. The molecule has 5 heteroatoms. The van der Waals surface area contributed by atoms with Gasteiger partial charge in [-0.05, 0) is 31.2 Å². The van der Waals surface area contributed by atoms with Gasteiger partial charge in [-0.25, -0.2) is 0 Å². The highest BCUT2D eigenvalue weighted by molar-refractivity contribution is 5.89. The van der Waals surface area contributed by atoms with E-state index in [2.05, 4.69) is 5.32 Å². The molecule has 1 saturated carbocycles. The summed E-state index contributed by atoms with van der Waals surface area (Å²) >= 11 is 0. The predicted molar refractivity (Wildman–Crippen MR) is 88.3 cm³/mol. The van der Waals surface area contributed by atoms with Gasteiger partial charge < -0.3 is 16.0 Å². The smallest absolute Gasteiger partial charge is 0.225 e. The van der Waals surface area contributed by atoms with E-state index in [9.17, 15) is 9.59 Å². The van der Waals surface area contributed by atoms with Gasteiger partial charge in [0.2, 0.25) is 11.8 Å². The summed E-state index contributed by atoms with van der Waals surface area (Å²) in [5.41, 5.74) is 7.00. The summed E-state index contributed by atoms with van der Waals surface area (Å²) in [7, 11) is 0. The summed E-state index contributed by atoms with van der Waals surface area (Å²) in [5, 5.41) is 3.11. The molecule has 0 aromatic heterocycles. The molecule has 124 valence electrons. The molecule has 2 aliphatic rings. The van der Waals surface area contributed by atoms with Crippen LogP contribution < -0.4 is 11.1 Å². The maximum absolute atomic E-state index is 12.4. The van der Waals surface area contributed by atoms with Crippen molar-refractivity contribution >= 4 is 11.8 Å². The molecule has 0 radical (unpaired) electrons. The zero-order valence-corrected chi connectivity index (χ0v) is 13.4. The van der Waals surface area contributed by atoms with Crippen molar-refractivity contribution in [1.82, 2.24) is 10.2 Å². The normalized spacial score (nSPS) is 28.0. The van der Waals surface area contributed by atoms with Crippen LogP contribution in [0.15, 0.2) is 30.3 Å². The van der Waals surface area contributed by atoms with E-state index in [1.165, 1.54) is 0 Å². The molecule has 23 heavy (non-hydrogen) atoms. The minimum Gasteiger partial charge on any atom is -0.353 e. The molecule has 1 atom stereocenters. The molecule has 1 aliphatic carbocycles. The van der Waals surface area contributed by atoms with Gasteiger partial charge in [-0.15, -0.1) is 0 Å². The largest absolute Gasteiger partial charge is 0.353 e. The van der Waals surface area contributed by atoms with Crippen LogP contribution in [0.2, 0.25) is 0 Å². The second-order valence-corrected chi connectivity index (χ2v) is 6.78. The molecule has 1 aromatic carbocycles. The van der Waals surface area contributed by atoms with E-state index in [1.54, 1.807) is 4.90 Å². The first-order valence-corrected chi connectivity index (χ1v) is 8.49. The minimum absolute atomic E-state index is 0.0226. The average molecular weight is 315 g/mol. The Labute approximate surface area is 137 Å². The summed E-state index contributed by atoms with van der Waals surface area (Å²) < 4.78 is 0. The number of likely N-dealkylation sites (tertiary alicyclic amines) is 1. The first-order valence-electron chi connectivity index (χ1n) is 8.49. The second-order valence-electron chi connectivity index (χ2n) is 6.78. The summed E-state index contributed by atoms with van der Waals surface area (Å²) in [6, 6.07) is 10.4. The van der Waals surface area contributed by atoms with Crippen molar-refractivity contribution in [2.24, 2.45) is 11.7 Å². The van der Waals surface area contributed by atoms with Crippen molar-refractivity contribution in [2.75, 3.05) is 6.54 Å². The monoisotopic (exact) mass is 315 g/mol. The Kier molecular flexibility index (Phi) is 4.96. The maximum Gasteiger partial charge on any atom is 0.225 e. The lowest BCUT2D eigenvalue weighted by Gasteiger charge is -2.27. The molecule has 0 bridgehead atoms. The number of carbonyl (C=O) groups excluding carboxylic acids is 2. The third-order valence-corrected chi connectivity index (χ3v) is 4.92. The fourth-order valence-corrected chi connectivity index (χ4v) is 3.49. The number of rotatable bonds is 4. The third kappa shape index (κ3) is 4.10. The fourth-order valence-electron chi connectivity index (χ4n) is 3.49. The molecule has 3 N–H and O–H groups in total. The van der Waals surface area contributed by atoms with Gasteiger partial charge in [0.05, 0.1) is 5.92 Å². The molecular weight excluding hydrogens is 290 g/mol. The topological polar surface area (TPSA) is 75.4 Å². The predicted octanol–water partition coefficient (Wildman–Crippen LogP) is 1.42. The van der Waals surface area contributed by atoms with E-state index in [4.69, 9.17) is 5.73 Å². The van der Waals surface area contributed by atoms with E-state index in [0.717, 1.165) is 31.2 Å². The zero-order valence-electron chi connectivity index (χ0n) is 13.4. The Balaban J connectivity index is 1.51. The van der Waals surface area contributed by atoms with Crippen LogP contribution in [0.3, 0.4) is 0 Å². The number of hydrogen-bond acceptors (Lipinski definition) is 3. The maximum atomic E-state index is 12.4. The highest BCUT2D eigenvalue weighted by Crippen LogP contribution is 2.22. The van der Waals surface area contributed by atoms with Crippen LogP contribution in [-0.4, -0.2) is 35.3 Å². The highest BCUT2D eigenvalue weighted by Gasteiger charge is 2.35. The van der Waals surface area contributed by atoms with Crippen LogP contribution in [0.1, 0.15) is 37.7 Å². The lowest BCUT2D eigenvalue weighted by molar-refractivity contribution is -0.129. The molecule has 1 unspecified atom stereocenters. The van der Waals surface area contributed by atoms with E-state index in [1.807, 2.05) is 30.3 Å². The van der Waals surface area contributed by atoms with Crippen molar-refractivity contribution in [2.45, 2.75) is 50.7 Å².